The Morgan fingerprint density at radius 1 is 1.44 bits per heavy atom. The van der Waals surface area contributed by atoms with Gasteiger partial charge in [-0.05, 0) is 28.1 Å². The van der Waals surface area contributed by atoms with Crippen LogP contribution in [-0.4, -0.2) is 42.9 Å². The topological polar surface area (TPSA) is 29.5 Å². The van der Waals surface area contributed by atoms with Gasteiger partial charge >= 0.3 is 0 Å². The fourth-order valence-corrected chi connectivity index (χ4v) is 2.25. The Balaban J connectivity index is 2.90. The fraction of sp³-hybridized carbons (Fsp3) is 0.417. The van der Waals surface area contributed by atoms with Gasteiger partial charge in [0, 0.05) is 25.5 Å². The van der Waals surface area contributed by atoms with Crippen molar-refractivity contribution in [3.05, 3.63) is 34.1 Å². The minimum Gasteiger partial charge on any atom is -0.383 e. The number of carbonyl (C=O) groups is 1. The number of alkyl halides is 1. The number of nitrogens with zero attached hydrogens (tertiary/aromatic N) is 1. The molecule has 1 aromatic carbocycles. The van der Waals surface area contributed by atoms with E-state index in [-0.39, 0.29) is 11.5 Å². The Morgan fingerprint density at radius 3 is 2.78 bits per heavy atom. The van der Waals surface area contributed by atoms with Crippen LogP contribution in [0.5, 0.6) is 0 Å². The molecule has 0 aliphatic carbocycles. The molecule has 100 valence electrons. The first-order chi connectivity index (χ1) is 8.61. The summed E-state index contributed by atoms with van der Waals surface area (Å²) in [4.78, 5) is 13.8. The molecule has 0 bridgehead atoms. The molecule has 6 heteroatoms. The third kappa shape index (κ3) is 4.03. The lowest BCUT2D eigenvalue weighted by Gasteiger charge is -2.21. The number of benzene rings is 1. The SMILES string of the molecule is COCCN(CCBr)C(=O)c1cccc(Br)c1F. The van der Waals surface area contributed by atoms with E-state index in [1.54, 1.807) is 24.1 Å². The molecular weight excluding hydrogens is 369 g/mol. The van der Waals surface area contributed by atoms with E-state index in [1.807, 2.05) is 0 Å². The first-order valence-corrected chi connectivity index (χ1v) is 7.31. The van der Waals surface area contributed by atoms with Crippen LogP contribution in [0.2, 0.25) is 0 Å². The van der Waals surface area contributed by atoms with Gasteiger partial charge in [-0.2, -0.15) is 0 Å². The van der Waals surface area contributed by atoms with Gasteiger partial charge < -0.3 is 9.64 Å². The Kier molecular flexibility index (Phi) is 6.81. The van der Waals surface area contributed by atoms with Gasteiger partial charge in [-0.15, -0.1) is 0 Å². The molecule has 1 aromatic rings. The van der Waals surface area contributed by atoms with Crippen molar-refractivity contribution in [1.29, 1.82) is 0 Å². The summed E-state index contributed by atoms with van der Waals surface area (Å²) in [6.07, 6.45) is 0. The van der Waals surface area contributed by atoms with Crippen LogP contribution < -0.4 is 0 Å². The van der Waals surface area contributed by atoms with E-state index in [4.69, 9.17) is 4.74 Å². The molecule has 1 amide bonds. The Bertz CT molecular complexity index is 415. The van der Waals surface area contributed by atoms with Crippen LogP contribution in [-0.2, 0) is 4.74 Å². The van der Waals surface area contributed by atoms with Gasteiger partial charge in [0.1, 0.15) is 5.82 Å². The molecule has 0 aromatic heterocycles. The average molecular weight is 383 g/mol. The highest BCUT2D eigenvalue weighted by molar-refractivity contribution is 9.10. The number of rotatable bonds is 6. The molecule has 0 saturated carbocycles. The minimum absolute atomic E-state index is 0.0708. The highest BCUT2D eigenvalue weighted by atomic mass is 79.9. The molecule has 0 fully saturated rings. The van der Waals surface area contributed by atoms with Crippen molar-refractivity contribution >= 4 is 37.8 Å². The zero-order valence-corrected chi connectivity index (χ0v) is 13.1. The van der Waals surface area contributed by atoms with E-state index in [1.165, 1.54) is 6.07 Å². The fourth-order valence-electron chi connectivity index (χ4n) is 1.46. The molecule has 1 rings (SSSR count). The van der Waals surface area contributed by atoms with Crippen LogP contribution in [0, 0.1) is 5.82 Å². The van der Waals surface area contributed by atoms with Crippen molar-refractivity contribution in [1.82, 2.24) is 4.90 Å². The van der Waals surface area contributed by atoms with Crippen LogP contribution >= 0.6 is 31.9 Å². The highest BCUT2D eigenvalue weighted by Crippen LogP contribution is 2.19. The summed E-state index contributed by atoms with van der Waals surface area (Å²) >= 11 is 6.35. The van der Waals surface area contributed by atoms with Crippen molar-refractivity contribution < 1.29 is 13.9 Å². The molecule has 18 heavy (non-hydrogen) atoms. The molecule has 0 N–H and O–H groups in total. The van der Waals surface area contributed by atoms with E-state index in [2.05, 4.69) is 31.9 Å². The van der Waals surface area contributed by atoms with E-state index < -0.39 is 5.82 Å². The number of halogens is 3. The zero-order valence-electron chi connectivity index (χ0n) is 9.96. The van der Waals surface area contributed by atoms with Crippen molar-refractivity contribution in [3.8, 4) is 0 Å². The zero-order chi connectivity index (χ0) is 13.5. The molecule has 0 aliphatic rings. The Hall–Kier alpha value is -0.460. The second-order valence-corrected chi connectivity index (χ2v) is 5.22. The molecule has 0 unspecified atom stereocenters. The predicted molar refractivity (Wildman–Crippen MR) is 75.7 cm³/mol. The summed E-state index contributed by atoms with van der Waals surface area (Å²) in [6.45, 7) is 1.37. The van der Waals surface area contributed by atoms with Gasteiger partial charge in [-0.3, -0.25) is 4.79 Å². The molecule has 0 spiro atoms. The normalized spacial score (nSPS) is 10.4. The molecule has 3 nitrogen and oxygen atoms in total. The summed E-state index contributed by atoms with van der Waals surface area (Å²) in [5.74, 6) is -0.857. The maximum Gasteiger partial charge on any atom is 0.256 e. The van der Waals surface area contributed by atoms with Crippen LogP contribution in [0.4, 0.5) is 4.39 Å². The predicted octanol–water partition coefficient (Wildman–Crippen LogP) is 3.07. The first-order valence-electron chi connectivity index (χ1n) is 5.40. The summed E-state index contributed by atoms with van der Waals surface area (Å²) in [6, 6.07) is 4.69. The first kappa shape index (κ1) is 15.6. The molecule has 0 aliphatic heterocycles. The number of hydrogen-bond donors (Lipinski definition) is 0. The monoisotopic (exact) mass is 381 g/mol. The second-order valence-electron chi connectivity index (χ2n) is 3.58. The second kappa shape index (κ2) is 7.86. The number of hydrogen-bond acceptors (Lipinski definition) is 2. The quantitative estimate of drug-likeness (QED) is 0.707. The number of methoxy groups -OCH3 is 1. The van der Waals surface area contributed by atoms with Crippen LogP contribution in [0.25, 0.3) is 0 Å². The summed E-state index contributed by atoms with van der Waals surface area (Å²) < 4.78 is 19.1. The smallest absolute Gasteiger partial charge is 0.256 e. The average Bonchev–Trinajstić information content (AvgIpc) is 2.37. The van der Waals surface area contributed by atoms with E-state index in [0.29, 0.717) is 29.5 Å². The van der Waals surface area contributed by atoms with Gasteiger partial charge in [0.25, 0.3) is 5.91 Å². The summed E-state index contributed by atoms with van der Waals surface area (Å²) in [5.41, 5.74) is 0.0708. The van der Waals surface area contributed by atoms with Crippen molar-refractivity contribution in [2.45, 2.75) is 0 Å². The lowest BCUT2D eigenvalue weighted by atomic mass is 10.2. The third-order valence-electron chi connectivity index (χ3n) is 2.39. The highest BCUT2D eigenvalue weighted by Gasteiger charge is 2.19. The number of ether oxygens (including phenoxy) is 1. The maximum atomic E-state index is 13.8. The van der Waals surface area contributed by atoms with E-state index >= 15 is 0 Å². The van der Waals surface area contributed by atoms with Crippen LogP contribution in [0.3, 0.4) is 0 Å². The number of amides is 1. The number of carbonyl (C=O) groups excluding carboxylic acids is 1. The molecule has 0 saturated heterocycles. The standard InChI is InChI=1S/C12H14Br2FNO2/c1-18-8-7-16(6-5-13)12(17)9-3-2-4-10(14)11(9)15/h2-4H,5-8H2,1H3. The Labute approximate surface area is 123 Å². The summed E-state index contributed by atoms with van der Waals surface area (Å²) in [7, 11) is 1.57. The lowest BCUT2D eigenvalue weighted by molar-refractivity contribution is 0.0704. The molecular formula is C12H14Br2FNO2. The molecule has 0 radical (unpaired) electrons. The van der Waals surface area contributed by atoms with Gasteiger partial charge in [0.05, 0.1) is 16.6 Å². The van der Waals surface area contributed by atoms with Crippen LogP contribution in [0.1, 0.15) is 10.4 Å². The molecule has 0 atom stereocenters. The van der Waals surface area contributed by atoms with Crippen molar-refractivity contribution in [2.75, 3.05) is 32.1 Å². The van der Waals surface area contributed by atoms with Crippen molar-refractivity contribution in [3.63, 3.8) is 0 Å². The van der Waals surface area contributed by atoms with Gasteiger partial charge in [0.2, 0.25) is 0 Å². The maximum absolute atomic E-state index is 13.8. The van der Waals surface area contributed by atoms with E-state index in [9.17, 15) is 9.18 Å². The minimum atomic E-state index is -0.528. The van der Waals surface area contributed by atoms with Gasteiger partial charge in [-0.25, -0.2) is 4.39 Å². The van der Waals surface area contributed by atoms with Crippen molar-refractivity contribution in [2.24, 2.45) is 0 Å². The summed E-state index contributed by atoms with van der Waals surface area (Å²) in [5, 5.41) is 0.637. The van der Waals surface area contributed by atoms with Crippen LogP contribution in [0.15, 0.2) is 22.7 Å². The lowest BCUT2D eigenvalue weighted by Crippen LogP contribution is -2.36. The van der Waals surface area contributed by atoms with Gasteiger partial charge in [0.15, 0.2) is 0 Å². The third-order valence-corrected chi connectivity index (χ3v) is 3.36. The van der Waals surface area contributed by atoms with Gasteiger partial charge in [-0.1, -0.05) is 22.0 Å². The Morgan fingerprint density at radius 2 is 2.17 bits per heavy atom. The largest absolute Gasteiger partial charge is 0.383 e. The van der Waals surface area contributed by atoms with E-state index in [0.717, 1.165) is 0 Å². The molecule has 0 heterocycles.